The van der Waals surface area contributed by atoms with Gasteiger partial charge in [-0.05, 0) is 42.3 Å². The normalized spacial score (nSPS) is 28.3. The number of aliphatic hydroxyl groups is 4. The van der Waals surface area contributed by atoms with Crippen molar-refractivity contribution in [1.82, 2.24) is 0 Å². The molecule has 10 nitrogen and oxygen atoms in total. The highest BCUT2D eigenvalue weighted by Crippen LogP contribution is 2.37. The van der Waals surface area contributed by atoms with Crippen LogP contribution < -0.4 is 9.64 Å². The molecule has 0 amide bonds. The Balaban J connectivity index is 1.48. The monoisotopic (exact) mass is 418 g/mol. The van der Waals surface area contributed by atoms with Crippen molar-refractivity contribution in [2.45, 2.75) is 37.1 Å². The van der Waals surface area contributed by atoms with Crippen molar-refractivity contribution in [3.8, 4) is 5.75 Å². The van der Waals surface area contributed by atoms with Gasteiger partial charge in [-0.1, -0.05) is 0 Å². The van der Waals surface area contributed by atoms with E-state index in [4.69, 9.17) is 9.47 Å². The van der Waals surface area contributed by atoms with E-state index < -0.39 is 42.2 Å². The summed E-state index contributed by atoms with van der Waals surface area (Å²) >= 11 is 0. The molecule has 2 heterocycles. The molecule has 2 aromatic carbocycles. The van der Waals surface area contributed by atoms with Gasteiger partial charge in [-0.25, -0.2) is 0 Å². The maximum atomic E-state index is 11.0. The molecule has 0 bridgehead atoms. The van der Waals surface area contributed by atoms with Crippen molar-refractivity contribution in [2.24, 2.45) is 0 Å². The molecule has 1 fully saturated rings. The first-order valence-electron chi connectivity index (χ1n) is 9.51. The van der Waals surface area contributed by atoms with Crippen molar-refractivity contribution < 1.29 is 34.8 Å². The van der Waals surface area contributed by atoms with Gasteiger partial charge in [0.25, 0.3) is 5.69 Å². The average molecular weight is 418 g/mol. The zero-order chi connectivity index (χ0) is 21.4. The van der Waals surface area contributed by atoms with E-state index >= 15 is 0 Å². The Morgan fingerprint density at radius 1 is 1.10 bits per heavy atom. The van der Waals surface area contributed by atoms with Gasteiger partial charge in [0, 0.05) is 30.1 Å². The number of nitrogens with zero attached hydrogens (tertiary/aromatic N) is 2. The van der Waals surface area contributed by atoms with Crippen LogP contribution in [0.1, 0.15) is 5.56 Å². The quantitative estimate of drug-likeness (QED) is 0.402. The smallest absolute Gasteiger partial charge is 0.269 e. The summed E-state index contributed by atoms with van der Waals surface area (Å²) in [6.45, 7) is 0.152. The lowest BCUT2D eigenvalue weighted by molar-refractivity contribution is -0.384. The zero-order valence-electron chi connectivity index (χ0n) is 15.9. The van der Waals surface area contributed by atoms with Crippen molar-refractivity contribution in [2.75, 3.05) is 18.1 Å². The Kier molecular flexibility index (Phi) is 5.58. The average Bonchev–Trinajstić information content (AvgIpc) is 3.18. The van der Waals surface area contributed by atoms with Crippen LogP contribution in [0, 0.1) is 10.1 Å². The van der Waals surface area contributed by atoms with Crippen LogP contribution in [-0.2, 0) is 11.2 Å². The van der Waals surface area contributed by atoms with Gasteiger partial charge < -0.3 is 34.8 Å². The minimum absolute atomic E-state index is 0.0684. The fourth-order valence-corrected chi connectivity index (χ4v) is 3.77. The summed E-state index contributed by atoms with van der Waals surface area (Å²) in [4.78, 5) is 12.6. The van der Waals surface area contributed by atoms with Crippen LogP contribution in [0.15, 0.2) is 42.5 Å². The maximum absolute atomic E-state index is 11.0. The highest BCUT2D eigenvalue weighted by molar-refractivity contribution is 5.71. The van der Waals surface area contributed by atoms with Crippen LogP contribution in [0.4, 0.5) is 17.1 Å². The fourth-order valence-electron chi connectivity index (χ4n) is 3.77. The molecule has 4 rings (SSSR count). The second-order valence-electron chi connectivity index (χ2n) is 7.28. The number of nitro benzene ring substituents is 1. The van der Waals surface area contributed by atoms with Crippen LogP contribution in [0.2, 0.25) is 0 Å². The van der Waals surface area contributed by atoms with Crippen molar-refractivity contribution in [3.63, 3.8) is 0 Å². The first kappa shape index (κ1) is 20.5. The maximum Gasteiger partial charge on any atom is 0.269 e. The third kappa shape index (κ3) is 3.71. The number of non-ortho nitro benzene ring substituents is 1. The summed E-state index contributed by atoms with van der Waals surface area (Å²) in [6, 6.07) is 11.7. The summed E-state index contributed by atoms with van der Waals surface area (Å²) in [5.41, 5.74) is 2.75. The largest absolute Gasteiger partial charge is 0.462 e. The van der Waals surface area contributed by atoms with Gasteiger partial charge >= 0.3 is 0 Å². The second-order valence-corrected chi connectivity index (χ2v) is 7.28. The summed E-state index contributed by atoms with van der Waals surface area (Å²) < 4.78 is 10.9. The molecule has 0 radical (unpaired) electrons. The molecular weight excluding hydrogens is 396 g/mol. The predicted molar refractivity (Wildman–Crippen MR) is 105 cm³/mol. The van der Waals surface area contributed by atoms with Gasteiger partial charge in [0.2, 0.25) is 6.29 Å². The molecule has 1 saturated heterocycles. The van der Waals surface area contributed by atoms with Gasteiger partial charge in [-0.3, -0.25) is 10.1 Å². The van der Waals surface area contributed by atoms with E-state index in [9.17, 15) is 30.5 Å². The summed E-state index contributed by atoms with van der Waals surface area (Å²) in [7, 11) is 0. The number of benzene rings is 2. The third-order valence-corrected chi connectivity index (χ3v) is 5.42. The van der Waals surface area contributed by atoms with Crippen molar-refractivity contribution in [3.05, 3.63) is 58.1 Å². The van der Waals surface area contributed by atoms with E-state index in [1.165, 1.54) is 6.07 Å². The van der Waals surface area contributed by atoms with Crippen LogP contribution >= 0.6 is 0 Å². The molecule has 30 heavy (non-hydrogen) atoms. The van der Waals surface area contributed by atoms with Crippen molar-refractivity contribution >= 4 is 17.1 Å². The first-order chi connectivity index (χ1) is 14.4. The fraction of sp³-hybridized carbons (Fsp3) is 0.400. The van der Waals surface area contributed by atoms with Gasteiger partial charge in [-0.2, -0.15) is 0 Å². The zero-order valence-corrected chi connectivity index (χ0v) is 15.9. The van der Waals surface area contributed by atoms with E-state index in [0.29, 0.717) is 18.7 Å². The highest BCUT2D eigenvalue weighted by Gasteiger charge is 2.44. The van der Waals surface area contributed by atoms with Crippen LogP contribution in [0.25, 0.3) is 0 Å². The van der Waals surface area contributed by atoms with Gasteiger partial charge in [-0.15, -0.1) is 0 Å². The molecule has 2 aliphatic rings. The molecule has 0 saturated carbocycles. The predicted octanol–water partition coefficient (Wildman–Crippen LogP) is 0.468. The summed E-state index contributed by atoms with van der Waals surface area (Å²) in [6.07, 6.45) is -6.04. The lowest BCUT2D eigenvalue weighted by Crippen LogP contribution is -2.60. The van der Waals surface area contributed by atoms with E-state index in [1.807, 2.05) is 4.90 Å². The second kappa shape index (κ2) is 8.17. The molecule has 5 atom stereocenters. The van der Waals surface area contributed by atoms with Crippen LogP contribution in [-0.4, -0.2) is 69.2 Å². The number of aliphatic hydroxyl groups excluding tert-OH is 4. The van der Waals surface area contributed by atoms with E-state index in [1.54, 1.807) is 36.4 Å². The molecule has 2 aliphatic heterocycles. The van der Waals surface area contributed by atoms with Crippen LogP contribution in [0.3, 0.4) is 0 Å². The Labute approximate surface area is 171 Å². The standard InChI is InChI=1S/C20H22N2O8/c23-10-16-17(24)18(25)19(26)20(30-16)29-14-4-1-12(2-5-14)21-8-7-11-9-13(22(27)28)3-6-15(11)21/h1-6,9,16-20,23-26H,7-8,10H2/t16?,17-,18+,19?,20+/m1/s1. The number of anilines is 2. The van der Waals surface area contributed by atoms with Gasteiger partial charge in [0.05, 0.1) is 11.5 Å². The number of fused-ring (bicyclic) bond motifs is 1. The first-order valence-corrected chi connectivity index (χ1v) is 9.51. The Morgan fingerprint density at radius 3 is 2.50 bits per heavy atom. The number of hydrogen-bond acceptors (Lipinski definition) is 9. The molecule has 0 aromatic heterocycles. The molecule has 4 N–H and O–H groups in total. The minimum Gasteiger partial charge on any atom is -0.462 e. The van der Waals surface area contributed by atoms with E-state index in [0.717, 1.165) is 16.9 Å². The molecule has 10 heteroatoms. The molecule has 0 aliphatic carbocycles. The minimum atomic E-state index is -1.51. The summed E-state index contributed by atoms with van der Waals surface area (Å²) in [5, 5.41) is 50.0. The number of nitro groups is 1. The molecule has 160 valence electrons. The number of ether oxygens (including phenoxy) is 2. The molecule has 2 unspecified atom stereocenters. The Bertz CT molecular complexity index is 920. The lowest BCUT2D eigenvalue weighted by Gasteiger charge is -2.39. The van der Waals surface area contributed by atoms with Crippen molar-refractivity contribution in [1.29, 1.82) is 0 Å². The molecule has 0 spiro atoms. The van der Waals surface area contributed by atoms with Crippen LogP contribution in [0.5, 0.6) is 5.75 Å². The summed E-state index contributed by atoms with van der Waals surface area (Å²) in [5.74, 6) is 0.367. The topological polar surface area (TPSA) is 146 Å². The lowest BCUT2D eigenvalue weighted by atomic mass is 9.99. The third-order valence-electron chi connectivity index (χ3n) is 5.42. The Morgan fingerprint density at radius 2 is 1.83 bits per heavy atom. The molecular formula is C20H22N2O8. The van der Waals surface area contributed by atoms with Gasteiger partial charge in [0.1, 0.15) is 30.2 Å². The molecule has 2 aromatic rings. The van der Waals surface area contributed by atoms with Gasteiger partial charge in [0.15, 0.2) is 0 Å². The SMILES string of the molecule is O=[N+]([O-])c1ccc2c(c1)CCN2c1ccc(O[C@H]2OC(CO)[C@@H](O)[C@H](O)C2O)cc1. The number of rotatable bonds is 5. The van der Waals surface area contributed by atoms with E-state index in [2.05, 4.69) is 0 Å². The highest BCUT2D eigenvalue weighted by atomic mass is 16.7. The number of hydrogen-bond donors (Lipinski definition) is 4. The van der Waals surface area contributed by atoms with E-state index in [-0.39, 0.29) is 5.69 Å². The Hall–Kier alpha value is -2.76.